The number of benzene rings is 2. The smallest absolute Gasteiger partial charge is 0.203 e. The molecule has 2 atom stereocenters. The predicted molar refractivity (Wildman–Crippen MR) is 115 cm³/mol. The number of hydrogen-bond donors (Lipinski definition) is 0. The van der Waals surface area contributed by atoms with Crippen LogP contribution in [0.15, 0.2) is 52.0 Å². The summed E-state index contributed by atoms with van der Waals surface area (Å²) in [6.45, 7) is 4.91. The van der Waals surface area contributed by atoms with Crippen LogP contribution in [0, 0.1) is 0 Å². The quantitative estimate of drug-likeness (QED) is 0.615. The summed E-state index contributed by atoms with van der Waals surface area (Å²) in [5.74, 6) is 1.80. The molecule has 3 aliphatic rings. The average molecular weight is 457 g/mol. The summed E-state index contributed by atoms with van der Waals surface area (Å²) in [6, 6.07) is 14.5. The van der Waals surface area contributed by atoms with Crippen LogP contribution in [-0.4, -0.2) is 35.8 Å². The zero-order valence-corrected chi connectivity index (χ0v) is 18.5. The van der Waals surface area contributed by atoms with E-state index in [1.807, 2.05) is 24.3 Å². The number of ether oxygens (including phenoxy) is 3. The molecule has 5 nitrogen and oxygen atoms in total. The summed E-state index contributed by atoms with van der Waals surface area (Å²) in [5.41, 5.74) is 2.48. The molecule has 29 heavy (non-hydrogen) atoms. The molecule has 0 aliphatic carbocycles. The monoisotopic (exact) mass is 456 g/mol. The molecule has 3 aliphatic heterocycles. The first-order chi connectivity index (χ1) is 13.9. The second-order valence-electron chi connectivity index (χ2n) is 8.58. The lowest BCUT2D eigenvalue weighted by Crippen LogP contribution is -2.60. The van der Waals surface area contributed by atoms with Gasteiger partial charge in [0.2, 0.25) is 5.72 Å². The van der Waals surface area contributed by atoms with Crippen molar-refractivity contribution in [1.82, 2.24) is 5.01 Å². The minimum absolute atomic E-state index is 0.130. The van der Waals surface area contributed by atoms with Gasteiger partial charge in [0.05, 0.1) is 31.1 Å². The predicted octanol–water partition coefficient (Wildman–Crippen LogP) is 5.29. The summed E-state index contributed by atoms with van der Waals surface area (Å²) in [5, 5.41) is 7.34. The van der Waals surface area contributed by atoms with Gasteiger partial charge in [0.15, 0.2) is 0 Å². The van der Waals surface area contributed by atoms with Gasteiger partial charge in [-0.05, 0) is 44.2 Å². The fourth-order valence-electron chi connectivity index (χ4n) is 4.87. The van der Waals surface area contributed by atoms with Crippen molar-refractivity contribution in [2.75, 3.05) is 13.7 Å². The van der Waals surface area contributed by atoms with Crippen LogP contribution in [0.4, 0.5) is 0 Å². The van der Waals surface area contributed by atoms with Crippen LogP contribution < -0.4 is 9.47 Å². The molecule has 0 N–H and O–H groups in total. The van der Waals surface area contributed by atoms with E-state index in [0.717, 1.165) is 46.5 Å². The maximum absolute atomic E-state index is 6.69. The van der Waals surface area contributed by atoms with Gasteiger partial charge < -0.3 is 14.2 Å². The highest BCUT2D eigenvalue weighted by Crippen LogP contribution is 2.52. The largest absolute Gasteiger partial charge is 0.496 e. The third-order valence-electron chi connectivity index (χ3n) is 6.06. The van der Waals surface area contributed by atoms with Gasteiger partial charge in [0.1, 0.15) is 11.5 Å². The van der Waals surface area contributed by atoms with Crippen LogP contribution in [0.25, 0.3) is 0 Å². The third kappa shape index (κ3) is 3.13. The molecule has 5 rings (SSSR count). The molecule has 0 radical (unpaired) electrons. The first kappa shape index (κ1) is 18.9. The normalized spacial score (nSPS) is 27.1. The Balaban J connectivity index is 1.63. The fraction of sp³-hybridized carbons (Fsp3) is 0.435. The van der Waals surface area contributed by atoms with E-state index in [2.05, 4.69) is 53.0 Å². The Morgan fingerprint density at radius 2 is 2.03 bits per heavy atom. The van der Waals surface area contributed by atoms with E-state index < -0.39 is 5.72 Å². The number of methoxy groups -OCH3 is 1. The van der Waals surface area contributed by atoms with Gasteiger partial charge in [-0.1, -0.05) is 28.1 Å². The summed E-state index contributed by atoms with van der Waals surface area (Å²) < 4.78 is 19.4. The van der Waals surface area contributed by atoms with Crippen molar-refractivity contribution in [3.8, 4) is 11.5 Å². The molecule has 0 saturated carbocycles. The third-order valence-corrected chi connectivity index (χ3v) is 6.56. The van der Waals surface area contributed by atoms with Gasteiger partial charge in [0, 0.05) is 34.9 Å². The number of rotatable bonds is 2. The lowest BCUT2D eigenvalue weighted by molar-refractivity contribution is -0.212. The topological polar surface area (TPSA) is 43.3 Å². The van der Waals surface area contributed by atoms with Crippen molar-refractivity contribution in [2.45, 2.75) is 50.5 Å². The summed E-state index contributed by atoms with van der Waals surface area (Å²) in [6.07, 6.45) is 2.36. The van der Waals surface area contributed by atoms with Crippen molar-refractivity contribution in [1.29, 1.82) is 0 Å². The first-order valence-corrected chi connectivity index (χ1v) is 10.8. The van der Waals surface area contributed by atoms with Crippen LogP contribution in [0.2, 0.25) is 0 Å². The highest BCUT2D eigenvalue weighted by atomic mass is 79.9. The van der Waals surface area contributed by atoms with E-state index >= 15 is 0 Å². The van der Waals surface area contributed by atoms with Gasteiger partial charge in [-0.2, -0.15) is 5.10 Å². The van der Waals surface area contributed by atoms with Crippen molar-refractivity contribution < 1.29 is 14.2 Å². The number of halogens is 1. The Morgan fingerprint density at radius 3 is 2.83 bits per heavy atom. The fourth-order valence-corrected chi connectivity index (χ4v) is 5.25. The van der Waals surface area contributed by atoms with Gasteiger partial charge in [-0.25, -0.2) is 5.01 Å². The molecule has 0 bridgehead atoms. The molecule has 0 amide bonds. The van der Waals surface area contributed by atoms with Crippen molar-refractivity contribution in [3.63, 3.8) is 0 Å². The maximum atomic E-state index is 6.69. The van der Waals surface area contributed by atoms with Crippen molar-refractivity contribution in [2.24, 2.45) is 5.10 Å². The number of para-hydroxylation sites is 1. The van der Waals surface area contributed by atoms with Crippen molar-refractivity contribution >= 4 is 21.6 Å². The molecular formula is C23H25BrN2O3. The molecule has 1 saturated heterocycles. The van der Waals surface area contributed by atoms with Crippen LogP contribution in [0.1, 0.15) is 50.3 Å². The van der Waals surface area contributed by atoms with E-state index in [4.69, 9.17) is 19.3 Å². The summed E-state index contributed by atoms with van der Waals surface area (Å²) >= 11 is 3.62. The standard InChI is InChI=1S/C23H25BrN2O3/c1-22(2)14-23(10-11-28-22)26-19(17-12-15(24)8-9-21(17)29-23)13-18(25-26)16-6-4-5-7-20(16)27-3/h4-9,12,19H,10-11,13-14H2,1-3H3/t19-,23+/m1/s1. The lowest BCUT2D eigenvalue weighted by atomic mass is 9.86. The minimum Gasteiger partial charge on any atom is -0.496 e. The second-order valence-corrected chi connectivity index (χ2v) is 9.49. The molecule has 3 heterocycles. The molecule has 152 valence electrons. The minimum atomic E-state index is -0.503. The van der Waals surface area contributed by atoms with E-state index in [1.54, 1.807) is 7.11 Å². The molecule has 2 aromatic carbocycles. The Hall–Kier alpha value is -2.05. The highest BCUT2D eigenvalue weighted by Gasteiger charge is 2.54. The van der Waals surface area contributed by atoms with Crippen molar-refractivity contribution in [3.05, 3.63) is 58.1 Å². The van der Waals surface area contributed by atoms with Gasteiger partial charge in [0.25, 0.3) is 0 Å². The number of hydrogen-bond acceptors (Lipinski definition) is 5. The molecule has 0 aromatic heterocycles. The Bertz CT molecular complexity index is 990. The summed E-state index contributed by atoms with van der Waals surface area (Å²) in [7, 11) is 1.71. The van der Waals surface area contributed by atoms with E-state index in [0.29, 0.717) is 6.61 Å². The maximum Gasteiger partial charge on any atom is 0.203 e. The van der Waals surface area contributed by atoms with Crippen LogP contribution >= 0.6 is 15.9 Å². The molecule has 0 unspecified atom stereocenters. The van der Waals surface area contributed by atoms with Crippen LogP contribution in [0.3, 0.4) is 0 Å². The van der Waals surface area contributed by atoms with Gasteiger partial charge in [-0.3, -0.25) is 0 Å². The first-order valence-electron chi connectivity index (χ1n) is 10.0. The van der Waals surface area contributed by atoms with Crippen LogP contribution in [-0.2, 0) is 4.74 Å². The molecule has 2 aromatic rings. The van der Waals surface area contributed by atoms with E-state index in [1.165, 1.54) is 5.56 Å². The number of nitrogens with zero attached hydrogens (tertiary/aromatic N) is 2. The van der Waals surface area contributed by atoms with E-state index in [-0.39, 0.29) is 11.6 Å². The van der Waals surface area contributed by atoms with Crippen LogP contribution in [0.5, 0.6) is 11.5 Å². The average Bonchev–Trinajstić information content (AvgIpc) is 3.15. The number of hydrazone groups is 1. The van der Waals surface area contributed by atoms with Gasteiger partial charge >= 0.3 is 0 Å². The number of fused-ring (bicyclic) bond motifs is 4. The summed E-state index contributed by atoms with van der Waals surface area (Å²) in [4.78, 5) is 0. The molecule has 6 heteroatoms. The molecule has 1 spiro atoms. The SMILES string of the molecule is COc1ccccc1C1=NN2[C@H](C1)c1cc(Br)ccc1O[C@]21CCOC(C)(C)C1. The Kier molecular flexibility index (Phi) is 4.40. The van der Waals surface area contributed by atoms with Gasteiger partial charge in [-0.15, -0.1) is 0 Å². The Morgan fingerprint density at radius 1 is 1.21 bits per heavy atom. The molecule has 1 fully saturated rings. The molecular weight excluding hydrogens is 432 g/mol. The lowest BCUT2D eigenvalue weighted by Gasteiger charge is -2.52. The second kappa shape index (κ2) is 6.74. The zero-order valence-electron chi connectivity index (χ0n) is 16.9. The highest BCUT2D eigenvalue weighted by molar-refractivity contribution is 9.10. The van der Waals surface area contributed by atoms with E-state index in [9.17, 15) is 0 Å². The zero-order chi connectivity index (χ0) is 20.2. The Labute approximate surface area is 179 Å².